The molecule has 1 unspecified atom stereocenters. The van der Waals surface area contributed by atoms with Crippen molar-refractivity contribution in [1.82, 2.24) is 4.90 Å². The van der Waals surface area contributed by atoms with Gasteiger partial charge in [0.2, 0.25) is 6.10 Å². The summed E-state index contributed by atoms with van der Waals surface area (Å²) in [5.41, 5.74) is 5.82. The topological polar surface area (TPSA) is 67.9 Å². The molecule has 2 rings (SSSR count). The Balaban J connectivity index is 1.88. The van der Waals surface area contributed by atoms with Gasteiger partial charge in [-0.15, -0.1) is 11.3 Å². The van der Waals surface area contributed by atoms with E-state index in [1.54, 1.807) is 11.8 Å². The smallest absolute Gasteiger partial charge is 0.266 e. The fourth-order valence-corrected chi connectivity index (χ4v) is 3.20. The minimum absolute atomic E-state index is 0.0374. The van der Waals surface area contributed by atoms with Gasteiger partial charge in [-0.05, 0) is 31.2 Å². The third-order valence-corrected chi connectivity index (χ3v) is 4.79. The van der Waals surface area contributed by atoms with Gasteiger partial charge in [0.1, 0.15) is 0 Å². The first-order chi connectivity index (χ1) is 10.1. The Labute approximate surface area is 129 Å². The lowest BCUT2D eigenvalue weighted by atomic mass is 9.94. The molecule has 1 fully saturated rings. The van der Waals surface area contributed by atoms with Gasteiger partial charge in [-0.3, -0.25) is 4.79 Å². The maximum Gasteiger partial charge on any atom is 0.266 e. The average Bonchev–Trinajstić information content (AvgIpc) is 3.06. The lowest BCUT2D eigenvalue weighted by Crippen LogP contribution is -2.43. The Morgan fingerprint density at radius 1 is 1.48 bits per heavy atom. The maximum atomic E-state index is 12.3. The number of carbonyl (C=O) groups excluding carboxylic acids is 1. The van der Waals surface area contributed by atoms with E-state index in [-0.39, 0.29) is 5.91 Å². The molecule has 1 amide bonds. The number of thiophene rings is 1. The monoisotopic (exact) mass is 309 g/mol. The lowest BCUT2D eigenvalue weighted by Gasteiger charge is -2.32. The molecule has 1 heterocycles. The van der Waals surface area contributed by atoms with Crippen LogP contribution in [0.2, 0.25) is 0 Å². The number of nitrogens with two attached hydrogens (primary N) is 1. The van der Waals surface area contributed by atoms with E-state index in [2.05, 4.69) is 5.16 Å². The average molecular weight is 309 g/mol. The van der Waals surface area contributed by atoms with Crippen LogP contribution in [0.15, 0.2) is 22.7 Å². The molecule has 1 aromatic rings. The molecule has 5 nitrogen and oxygen atoms in total. The van der Waals surface area contributed by atoms with Crippen molar-refractivity contribution < 1.29 is 9.63 Å². The van der Waals surface area contributed by atoms with Gasteiger partial charge >= 0.3 is 0 Å². The summed E-state index contributed by atoms with van der Waals surface area (Å²) < 4.78 is 0. The summed E-state index contributed by atoms with van der Waals surface area (Å²) in [6.45, 7) is 1.72. The van der Waals surface area contributed by atoms with Crippen LogP contribution in [0.4, 0.5) is 0 Å². The molecule has 1 aromatic heterocycles. The first-order valence-corrected chi connectivity index (χ1v) is 8.27. The second-order valence-electron chi connectivity index (χ2n) is 5.44. The SMILES string of the molecule is CC(O/N=C(\N)c1cccs1)C(=O)N(C)C1CCCCC1. The molecule has 1 saturated carbocycles. The second kappa shape index (κ2) is 7.45. The highest BCUT2D eigenvalue weighted by molar-refractivity contribution is 7.12. The van der Waals surface area contributed by atoms with Gasteiger partial charge in [0.25, 0.3) is 5.91 Å². The molecule has 1 aliphatic rings. The molecule has 2 N–H and O–H groups in total. The van der Waals surface area contributed by atoms with Crippen LogP contribution in [-0.4, -0.2) is 35.8 Å². The number of hydrogen-bond donors (Lipinski definition) is 1. The van der Waals surface area contributed by atoms with Gasteiger partial charge in [-0.25, -0.2) is 0 Å². The van der Waals surface area contributed by atoms with Gasteiger partial charge in [0.05, 0.1) is 4.88 Å². The Bertz CT molecular complexity index is 481. The van der Waals surface area contributed by atoms with E-state index < -0.39 is 6.10 Å². The summed E-state index contributed by atoms with van der Waals surface area (Å²) >= 11 is 1.49. The zero-order chi connectivity index (χ0) is 15.2. The first kappa shape index (κ1) is 15.8. The summed E-state index contributed by atoms with van der Waals surface area (Å²) in [7, 11) is 1.85. The van der Waals surface area contributed by atoms with E-state index >= 15 is 0 Å². The number of oxime groups is 1. The molecule has 0 radical (unpaired) electrons. The van der Waals surface area contributed by atoms with Crippen LogP contribution in [0.3, 0.4) is 0 Å². The largest absolute Gasteiger partial charge is 0.381 e. The van der Waals surface area contributed by atoms with E-state index in [4.69, 9.17) is 10.6 Å². The summed E-state index contributed by atoms with van der Waals surface area (Å²) in [6, 6.07) is 4.09. The molecule has 0 saturated heterocycles. The zero-order valence-corrected chi connectivity index (χ0v) is 13.4. The summed E-state index contributed by atoms with van der Waals surface area (Å²) in [5.74, 6) is 0.273. The van der Waals surface area contributed by atoms with Gasteiger partial charge < -0.3 is 15.5 Å². The van der Waals surface area contributed by atoms with Crippen LogP contribution >= 0.6 is 11.3 Å². The predicted octanol–water partition coefficient (Wildman–Crippen LogP) is 2.56. The number of rotatable bonds is 5. The van der Waals surface area contributed by atoms with E-state index in [9.17, 15) is 4.79 Å². The minimum Gasteiger partial charge on any atom is -0.381 e. The van der Waals surface area contributed by atoms with Crippen molar-refractivity contribution in [2.75, 3.05) is 7.05 Å². The fourth-order valence-electron chi connectivity index (χ4n) is 2.59. The van der Waals surface area contributed by atoms with E-state index in [0.29, 0.717) is 11.9 Å². The van der Waals surface area contributed by atoms with Crippen molar-refractivity contribution in [1.29, 1.82) is 0 Å². The predicted molar refractivity (Wildman–Crippen MR) is 85.2 cm³/mol. The summed E-state index contributed by atoms with van der Waals surface area (Å²) in [4.78, 5) is 20.3. The molecule has 1 aliphatic carbocycles. The van der Waals surface area contributed by atoms with Crippen molar-refractivity contribution in [3.05, 3.63) is 22.4 Å². The standard InChI is InChI=1S/C15H23N3O2S/c1-11(20-17-14(16)13-9-6-10-21-13)15(19)18(2)12-7-4-3-5-8-12/h6,9-12H,3-5,7-8H2,1-2H3,(H2,16,17). The molecule has 0 aromatic carbocycles. The van der Waals surface area contributed by atoms with Gasteiger partial charge in [-0.2, -0.15) is 0 Å². The van der Waals surface area contributed by atoms with Gasteiger partial charge in [0.15, 0.2) is 5.84 Å². The fraction of sp³-hybridized carbons (Fsp3) is 0.600. The third kappa shape index (κ3) is 4.20. The molecule has 0 aliphatic heterocycles. The van der Waals surface area contributed by atoms with Crippen LogP contribution in [0.25, 0.3) is 0 Å². The lowest BCUT2D eigenvalue weighted by molar-refractivity contribution is -0.144. The highest BCUT2D eigenvalue weighted by atomic mass is 32.1. The van der Waals surface area contributed by atoms with Crippen LogP contribution in [0, 0.1) is 0 Å². The first-order valence-electron chi connectivity index (χ1n) is 7.39. The highest BCUT2D eigenvalue weighted by Crippen LogP contribution is 2.22. The quantitative estimate of drug-likeness (QED) is 0.516. The number of amides is 1. The number of carbonyl (C=O) groups is 1. The van der Waals surface area contributed by atoms with Crippen molar-refractivity contribution in [3.63, 3.8) is 0 Å². The second-order valence-corrected chi connectivity index (χ2v) is 6.39. The van der Waals surface area contributed by atoms with Crippen molar-refractivity contribution in [2.24, 2.45) is 10.9 Å². The van der Waals surface area contributed by atoms with Crippen LogP contribution in [0.5, 0.6) is 0 Å². The van der Waals surface area contributed by atoms with E-state index in [1.165, 1.54) is 30.6 Å². The molecule has 6 heteroatoms. The molecule has 1 atom stereocenters. The zero-order valence-electron chi connectivity index (χ0n) is 12.6. The van der Waals surface area contributed by atoms with Gasteiger partial charge in [0, 0.05) is 13.1 Å². The Morgan fingerprint density at radius 3 is 2.81 bits per heavy atom. The van der Waals surface area contributed by atoms with Gasteiger partial charge in [-0.1, -0.05) is 30.5 Å². The van der Waals surface area contributed by atoms with Crippen molar-refractivity contribution >= 4 is 23.1 Å². The summed E-state index contributed by atoms with van der Waals surface area (Å²) in [5, 5.41) is 5.79. The number of nitrogens with zero attached hydrogens (tertiary/aromatic N) is 2. The Hall–Kier alpha value is -1.56. The van der Waals surface area contributed by atoms with Crippen LogP contribution < -0.4 is 5.73 Å². The van der Waals surface area contributed by atoms with Crippen molar-refractivity contribution in [3.8, 4) is 0 Å². The molecule has 0 spiro atoms. The molecule has 21 heavy (non-hydrogen) atoms. The third-order valence-electron chi connectivity index (χ3n) is 3.90. The Morgan fingerprint density at radius 2 is 2.19 bits per heavy atom. The van der Waals surface area contributed by atoms with E-state index in [0.717, 1.165) is 17.7 Å². The molecular weight excluding hydrogens is 286 g/mol. The number of hydrogen-bond acceptors (Lipinski definition) is 4. The molecule has 0 bridgehead atoms. The summed E-state index contributed by atoms with van der Waals surface area (Å²) in [6.07, 6.45) is 5.20. The minimum atomic E-state index is -0.615. The maximum absolute atomic E-state index is 12.3. The number of amidine groups is 1. The molecule has 116 valence electrons. The number of likely N-dealkylation sites (N-methyl/N-ethyl adjacent to an activating group) is 1. The highest BCUT2D eigenvalue weighted by Gasteiger charge is 2.26. The van der Waals surface area contributed by atoms with Crippen LogP contribution in [-0.2, 0) is 9.63 Å². The van der Waals surface area contributed by atoms with Crippen LogP contribution in [0.1, 0.15) is 43.9 Å². The Kier molecular flexibility index (Phi) is 5.61. The van der Waals surface area contributed by atoms with Crippen molar-refractivity contribution in [2.45, 2.75) is 51.2 Å². The van der Waals surface area contributed by atoms with E-state index in [1.807, 2.05) is 24.6 Å². The normalized spacial score (nSPS) is 18.3. The molecular formula is C15H23N3O2S.